The molecule has 27 heavy (non-hydrogen) atoms. The van der Waals surface area contributed by atoms with E-state index in [0.717, 1.165) is 25.0 Å². The van der Waals surface area contributed by atoms with Crippen molar-refractivity contribution in [3.8, 4) is 0 Å². The van der Waals surface area contributed by atoms with Gasteiger partial charge in [-0.3, -0.25) is 4.79 Å². The predicted octanol–water partition coefficient (Wildman–Crippen LogP) is 4.05. The first-order chi connectivity index (χ1) is 13.1. The van der Waals surface area contributed by atoms with Gasteiger partial charge in [0.15, 0.2) is 0 Å². The van der Waals surface area contributed by atoms with Crippen molar-refractivity contribution in [1.82, 2.24) is 9.97 Å². The van der Waals surface area contributed by atoms with E-state index in [2.05, 4.69) is 32.7 Å². The van der Waals surface area contributed by atoms with Crippen LogP contribution in [0.1, 0.15) is 22.3 Å². The molecule has 0 bridgehead atoms. The fraction of sp³-hybridized carbons (Fsp3) is 0.150. The van der Waals surface area contributed by atoms with Crippen LogP contribution in [0.5, 0.6) is 0 Å². The molecule has 138 valence electrons. The summed E-state index contributed by atoms with van der Waals surface area (Å²) in [5, 5.41) is 5.27. The van der Waals surface area contributed by atoms with Crippen molar-refractivity contribution in [3.63, 3.8) is 0 Å². The number of nitrogens with one attached hydrogen (secondary N) is 2. The maximum atomic E-state index is 13.6. The molecule has 2 N–H and O–H groups in total. The van der Waals surface area contributed by atoms with E-state index in [-0.39, 0.29) is 5.56 Å². The Morgan fingerprint density at radius 3 is 2.26 bits per heavy atom. The number of aryl methyl sites for hydroxylation is 1. The van der Waals surface area contributed by atoms with Gasteiger partial charge in [-0.1, -0.05) is 36.4 Å². The molecule has 0 atom stereocenters. The van der Waals surface area contributed by atoms with Crippen LogP contribution >= 0.6 is 0 Å². The van der Waals surface area contributed by atoms with Gasteiger partial charge in [-0.25, -0.2) is 18.7 Å². The minimum absolute atomic E-state index is 0.104. The highest BCUT2D eigenvalue weighted by Gasteiger charge is 2.14. The predicted molar refractivity (Wildman–Crippen MR) is 99.6 cm³/mol. The third kappa shape index (κ3) is 5.07. The zero-order valence-corrected chi connectivity index (χ0v) is 14.5. The van der Waals surface area contributed by atoms with Crippen molar-refractivity contribution in [3.05, 3.63) is 83.7 Å². The van der Waals surface area contributed by atoms with Gasteiger partial charge in [-0.15, -0.1) is 0 Å². The number of anilines is 2. The quantitative estimate of drug-likeness (QED) is 0.618. The van der Waals surface area contributed by atoms with Crippen LogP contribution in [0.3, 0.4) is 0 Å². The first kappa shape index (κ1) is 18.4. The number of carbonyl (C=O) groups is 1. The molecular weight excluding hydrogens is 350 g/mol. The van der Waals surface area contributed by atoms with E-state index in [9.17, 15) is 13.6 Å². The summed E-state index contributed by atoms with van der Waals surface area (Å²) in [6.07, 6.45) is 4.45. The summed E-state index contributed by atoms with van der Waals surface area (Å²) in [7, 11) is 0. The molecule has 3 aromatic rings. The van der Waals surface area contributed by atoms with Crippen LogP contribution in [0.2, 0.25) is 0 Å². The van der Waals surface area contributed by atoms with Gasteiger partial charge < -0.3 is 10.6 Å². The molecule has 0 fully saturated rings. The largest absolute Gasteiger partial charge is 0.354 e. The topological polar surface area (TPSA) is 66.9 Å². The molecule has 0 aliphatic heterocycles. The average Bonchev–Trinajstić information content (AvgIpc) is 2.69. The highest BCUT2D eigenvalue weighted by molar-refractivity contribution is 6.04. The highest BCUT2D eigenvalue weighted by atomic mass is 19.1. The van der Waals surface area contributed by atoms with Crippen LogP contribution in [-0.4, -0.2) is 22.4 Å². The van der Waals surface area contributed by atoms with Crippen LogP contribution in [0.4, 0.5) is 20.4 Å². The number of amides is 1. The van der Waals surface area contributed by atoms with E-state index in [0.29, 0.717) is 12.5 Å². The Hall–Kier alpha value is -3.35. The lowest BCUT2D eigenvalue weighted by Gasteiger charge is -2.08. The summed E-state index contributed by atoms with van der Waals surface area (Å²) in [5.74, 6) is -1.99. The van der Waals surface area contributed by atoms with Crippen molar-refractivity contribution >= 4 is 17.5 Å². The molecular formula is C20H18F2N4O. The number of aromatic nitrogens is 2. The van der Waals surface area contributed by atoms with E-state index >= 15 is 0 Å². The SMILES string of the molecule is O=C(Nc1c(F)cccc1F)c1cnc(NCCCc2ccccc2)nc1. The fourth-order valence-electron chi connectivity index (χ4n) is 2.48. The Morgan fingerprint density at radius 1 is 0.926 bits per heavy atom. The first-order valence-electron chi connectivity index (χ1n) is 8.48. The summed E-state index contributed by atoms with van der Waals surface area (Å²) in [6.45, 7) is 0.681. The molecule has 0 saturated carbocycles. The van der Waals surface area contributed by atoms with Gasteiger partial charge in [0.2, 0.25) is 5.95 Å². The number of hydrogen-bond acceptors (Lipinski definition) is 4. The molecule has 1 amide bonds. The average molecular weight is 368 g/mol. The number of halogens is 2. The number of hydrogen-bond donors (Lipinski definition) is 2. The van der Waals surface area contributed by atoms with Crippen LogP contribution < -0.4 is 10.6 Å². The van der Waals surface area contributed by atoms with Gasteiger partial charge in [-0.2, -0.15) is 0 Å². The van der Waals surface area contributed by atoms with Crippen LogP contribution in [0.25, 0.3) is 0 Å². The molecule has 2 aromatic carbocycles. The number of nitrogens with zero attached hydrogens (tertiary/aromatic N) is 2. The van der Waals surface area contributed by atoms with Crippen LogP contribution in [0, 0.1) is 11.6 Å². The molecule has 5 nitrogen and oxygen atoms in total. The normalized spacial score (nSPS) is 10.4. The van der Waals surface area contributed by atoms with Crippen molar-refractivity contribution in [2.24, 2.45) is 0 Å². The molecule has 0 saturated heterocycles. The second-order valence-corrected chi connectivity index (χ2v) is 5.86. The van der Waals surface area contributed by atoms with Gasteiger partial charge in [0.25, 0.3) is 5.91 Å². The number of rotatable bonds is 7. The second kappa shape index (κ2) is 8.84. The Labute approximate surface area is 155 Å². The maximum Gasteiger partial charge on any atom is 0.258 e. The van der Waals surface area contributed by atoms with E-state index in [1.807, 2.05) is 18.2 Å². The monoisotopic (exact) mass is 368 g/mol. The molecule has 3 rings (SSSR count). The Bertz CT molecular complexity index is 881. The molecule has 7 heteroatoms. The van der Waals surface area contributed by atoms with E-state index in [4.69, 9.17) is 0 Å². The summed E-state index contributed by atoms with van der Waals surface area (Å²) >= 11 is 0. The lowest BCUT2D eigenvalue weighted by atomic mass is 10.1. The van der Waals surface area contributed by atoms with E-state index in [1.54, 1.807) is 0 Å². The Morgan fingerprint density at radius 2 is 1.59 bits per heavy atom. The third-order valence-corrected chi connectivity index (χ3v) is 3.88. The number of carbonyl (C=O) groups excluding carboxylic acids is 1. The van der Waals surface area contributed by atoms with Crippen molar-refractivity contribution in [2.45, 2.75) is 12.8 Å². The molecule has 1 aromatic heterocycles. The molecule has 0 spiro atoms. The van der Waals surface area contributed by atoms with Crippen molar-refractivity contribution in [2.75, 3.05) is 17.2 Å². The molecule has 0 aliphatic rings. The van der Waals surface area contributed by atoms with Crippen molar-refractivity contribution in [1.29, 1.82) is 0 Å². The van der Waals surface area contributed by atoms with Gasteiger partial charge >= 0.3 is 0 Å². The van der Waals surface area contributed by atoms with Crippen LogP contribution in [-0.2, 0) is 6.42 Å². The standard InChI is InChI=1S/C20H18F2N4O/c21-16-9-4-10-17(22)18(16)26-19(27)15-12-24-20(25-13-15)23-11-5-8-14-6-2-1-3-7-14/h1-4,6-7,9-10,12-13H,5,8,11H2,(H,26,27)(H,23,24,25). The smallest absolute Gasteiger partial charge is 0.258 e. The van der Waals surface area contributed by atoms with Gasteiger partial charge in [0.1, 0.15) is 17.3 Å². The van der Waals surface area contributed by atoms with Gasteiger partial charge in [-0.05, 0) is 30.5 Å². The summed E-state index contributed by atoms with van der Waals surface area (Å²) < 4.78 is 27.2. The maximum absolute atomic E-state index is 13.6. The summed E-state index contributed by atoms with van der Waals surface area (Å²) in [5.41, 5.74) is 0.866. The first-order valence-corrected chi connectivity index (χ1v) is 8.48. The van der Waals surface area contributed by atoms with Gasteiger partial charge in [0, 0.05) is 18.9 Å². The highest BCUT2D eigenvalue weighted by Crippen LogP contribution is 2.18. The summed E-state index contributed by atoms with van der Waals surface area (Å²) in [6, 6.07) is 13.5. The molecule has 0 radical (unpaired) electrons. The second-order valence-electron chi connectivity index (χ2n) is 5.86. The minimum atomic E-state index is -0.846. The zero-order valence-electron chi connectivity index (χ0n) is 14.5. The Kier molecular flexibility index (Phi) is 6.04. The van der Waals surface area contributed by atoms with E-state index < -0.39 is 23.2 Å². The minimum Gasteiger partial charge on any atom is -0.354 e. The van der Waals surface area contributed by atoms with Crippen molar-refractivity contribution < 1.29 is 13.6 Å². The molecule has 1 heterocycles. The Balaban J connectivity index is 1.51. The summed E-state index contributed by atoms with van der Waals surface area (Å²) in [4.78, 5) is 20.2. The zero-order chi connectivity index (χ0) is 19.1. The van der Waals surface area contributed by atoms with Gasteiger partial charge in [0.05, 0.1) is 5.56 Å². The van der Waals surface area contributed by atoms with E-state index in [1.165, 1.54) is 24.0 Å². The molecule has 0 unspecified atom stereocenters. The fourth-order valence-corrected chi connectivity index (χ4v) is 2.48. The molecule has 0 aliphatic carbocycles. The number of para-hydroxylation sites is 1. The lowest BCUT2D eigenvalue weighted by Crippen LogP contribution is -2.15. The lowest BCUT2D eigenvalue weighted by molar-refractivity contribution is 0.102. The number of benzene rings is 2. The third-order valence-electron chi connectivity index (χ3n) is 3.88. The van der Waals surface area contributed by atoms with Crippen LogP contribution in [0.15, 0.2) is 60.9 Å².